The summed E-state index contributed by atoms with van der Waals surface area (Å²) in [4.78, 5) is 47.7. The lowest BCUT2D eigenvalue weighted by Gasteiger charge is -2.51. The van der Waals surface area contributed by atoms with E-state index in [0.717, 1.165) is 23.0 Å². The molecule has 0 radical (unpaired) electrons. The first kappa shape index (κ1) is 26.9. The summed E-state index contributed by atoms with van der Waals surface area (Å²) in [6.07, 6.45) is 3.37. The molecule has 0 bridgehead atoms. The summed E-state index contributed by atoms with van der Waals surface area (Å²) in [6.45, 7) is 7.80. The Balaban J connectivity index is 1.35. The summed E-state index contributed by atoms with van der Waals surface area (Å²) in [5.74, 6) is -0.637. The zero-order valence-corrected chi connectivity index (χ0v) is 23.0. The molecule has 0 saturated carbocycles. The molecule has 2 aromatic carbocycles. The van der Waals surface area contributed by atoms with Gasteiger partial charge in [-0.2, -0.15) is 0 Å². The monoisotopic (exact) mass is 530 g/mol. The van der Waals surface area contributed by atoms with E-state index in [0.29, 0.717) is 32.4 Å². The summed E-state index contributed by atoms with van der Waals surface area (Å²) in [6, 6.07) is 17.5. The number of ether oxygens (including phenoxy) is 1. The number of likely N-dealkylation sites (tertiary alicyclic amines) is 1. The number of piperidine rings is 1. The zero-order chi connectivity index (χ0) is 27.6. The van der Waals surface area contributed by atoms with Crippen LogP contribution < -0.4 is 5.32 Å². The van der Waals surface area contributed by atoms with Crippen molar-refractivity contribution in [3.63, 3.8) is 0 Å². The van der Waals surface area contributed by atoms with Gasteiger partial charge in [-0.3, -0.25) is 19.3 Å². The molecular weight excluding hydrogens is 492 g/mol. The van der Waals surface area contributed by atoms with E-state index in [1.807, 2.05) is 69.4 Å². The number of hydrogen-bond donors (Lipinski definition) is 2. The van der Waals surface area contributed by atoms with Crippen LogP contribution in [-0.4, -0.2) is 69.4 Å². The van der Waals surface area contributed by atoms with Gasteiger partial charge in [-0.05, 0) is 50.8 Å². The molecule has 2 fully saturated rings. The molecule has 1 spiro atoms. The Bertz CT molecular complexity index is 1340. The molecule has 2 aliphatic rings. The fourth-order valence-electron chi connectivity index (χ4n) is 5.87. The van der Waals surface area contributed by atoms with Gasteiger partial charge in [0.2, 0.25) is 11.8 Å². The number of carbonyl (C=O) groups excluding carboxylic acids is 3. The first-order valence-electron chi connectivity index (χ1n) is 13.8. The predicted molar refractivity (Wildman–Crippen MR) is 150 cm³/mol. The van der Waals surface area contributed by atoms with Crippen LogP contribution in [-0.2, 0) is 32.1 Å². The number of para-hydroxylation sites is 1. The number of piperazine rings is 1. The van der Waals surface area contributed by atoms with Crippen LogP contribution in [0.2, 0.25) is 0 Å². The van der Waals surface area contributed by atoms with Crippen molar-refractivity contribution >= 4 is 28.7 Å². The molecule has 5 rings (SSSR count). The molecule has 8 nitrogen and oxygen atoms in total. The molecule has 2 saturated heterocycles. The molecule has 0 aliphatic carbocycles. The molecule has 8 heteroatoms. The van der Waals surface area contributed by atoms with E-state index < -0.39 is 17.2 Å². The summed E-state index contributed by atoms with van der Waals surface area (Å²) in [5, 5.41) is 4.11. The quantitative estimate of drug-likeness (QED) is 0.453. The molecule has 3 heterocycles. The van der Waals surface area contributed by atoms with Crippen LogP contribution in [0.25, 0.3) is 10.9 Å². The number of hydrogen-bond acceptors (Lipinski definition) is 5. The second kappa shape index (κ2) is 10.8. The summed E-state index contributed by atoms with van der Waals surface area (Å²) < 4.78 is 5.52. The average Bonchev–Trinajstić information content (AvgIpc) is 3.31. The maximum Gasteiger partial charge on any atom is 0.308 e. The number of aromatic nitrogens is 1. The van der Waals surface area contributed by atoms with Crippen molar-refractivity contribution in [2.45, 2.75) is 70.2 Å². The summed E-state index contributed by atoms with van der Waals surface area (Å²) in [7, 11) is 0. The van der Waals surface area contributed by atoms with E-state index >= 15 is 0 Å². The van der Waals surface area contributed by atoms with Crippen LogP contribution in [0.15, 0.2) is 60.8 Å². The van der Waals surface area contributed by atoms with Gasteiger partial charge in [-0.1, -0.05) is 48.5 Å². The maximum absolute atomic E-state index is 14.0. The number of rotatable bonds is 7. The van der Waals surface area contributed by atoms with E-state index in [9.17, 15) is 14.4 Å². The number of nitrogens with zero attached hydrogens (tertiary/aromatic N) is 2. The third-order valence-corrected chi connectivity index (χ3v) is 7.80. The van der Waals surface area contributed by atoms with Crippen LogP contribution in [0.5, 0.6) is 0 Å². The van der Waals surface area contributed by atoms with Gasteiger partial charge in [0, 0.05) is 49.7 Å². The van der Waals surface area contributed by atoms with Crippen molar-refractivity contribution in [2.24, 2.45) is 0 Å². The lowest BCUT2D eigenvalue weighted by atomic mass is 9.81. The van der Waals surface area contributed by atoms with E-state index in [1.165, 1.54) is 5.56 Å². The van der Waals surface area contributed by atoms with E-state index in [4.69, 9.17) is 4.74 Å². The third-order valence-electron chi connectivity index (χ3n) is 7.80. The minimum Gasteiger partial charge on any atom is -0.460 e. The second-order valence-corrected chi connectivity index (χ2v) is 11.7. The van der Waals surface area contributed by atoms with Gasteiger partial charge in [0.25, 0.3) is 0 Å². The number of H-pyrrole nitrogens is 1. The van der Waals surface area contributed by atoms with Gasteiger partial charge in [-0.25, -0.2) is 0 Å². The first-order chi connectivity index (χ1) is 18.6. The van der Waals surface area contributed by atoms with Crippen molar-refractivity contribution in [3.05, 3.63) is 71.9 Å². The number of nitrogens with one attached hydrogen (secondary N) is 2. The highest BCUT2D eigenvalue weighted by Crippen LogP contribution is 2.35. The van der Waals surface area contributed by atoms with Crippen LogP contribution in [0, 0.1) is 0 Å². The van der Waals surface area contributed by atoms with Crippen molar-refractivity contribution < 1.29 is 19.1 Å². The highest BCUT2D eigenvalue weighted by molar-refractivity contribution is 6.00. The smallest absolute Gasteiger partial charge is 0.308 e. The van der Waals surface area contributed by atoms with Crippen molar-refractivity contribution in [1.82, 2.24) is 20.1 Å². The van der Waals surface area contributed by atoms with Crippen molar-refractivity contribution in [1.29, 1.82) is 0 Å². The van der Waals surface area contributed by atoms with Gasteiger partial charge >= 0.3 is 5.97 Å². The average molecular weight is 531 g/mol. The van der Waals surface area contributed by atoms with Gasteiger partial charge in [-0.15, -0.1) is 0 Å². The fourth-order valence-corrected chi connectivity index (χ4v) is 5.87. The molecule has 1 aromatic heterocycles. The highest BCUT2D eigenvalue weighted by atomic mass is 16.6. The Labute approximate surface area is 229 Å². The normalized spacial score (nSPS) is 19.9. The Kier molecular flexibility index (Phi) is 7.49. The number of amides is 2. The van der Waals surface area contributed by atoms with E-state index in [1.54, 1.807) is 4.90 Å². The Morgan fingerprint density at radius 2 is 1.72 bits per heavy atom. The van der Waals surface area contributed by atoms with E-state index in [2.05, 4.69) is 27.3 Å². The van der Waals surface area contributed by atoms with Crippen LogP contribution in [0.4, 0.5) is 0 Å². The molecule has 2 amide bonds. The number of esters is 1. The Morgan fingerprint density at radius 1 is 1.03 bits per heavy atom. The standard InChI is InChI=1S/C31H38N4O4/c1-30(2,3)39-27(36)13-16-35-28(37)26(19-23-20-32-25-12-8-7-11-24(23)25)33-29(38)31(35)14-17-34(18-15-31)21-22-9-5-4-6-10-22/h4-12,20,26,32H,13-19,21H2,1-3H3,(H,33,38). The first-order valence-corrected chi connectivity index (χ1v) is 13.8. The largest absolute Gasteiger partial charge is 0.460 e. The lowest BCUT2D eigenvalue weighted by molar-refractivity contribution is -0.164. The fraction of sp³-hybridized carbons (Fsp3) is 0.452. The van der Waals surface area contributed by atoms with Crippen LogP contribution in [0.1, 0.15) is 51.2 Å². The van der Waals surface area contributed by atoms with Crippen molar-refractivity contribution in [3.8, 4) is 0 Å². The van der Waals surface area contributed by atoms with Crippen LogP contribution in [0.3, 0.4) is 0 Å². The molecule has 1 atom stereocenters. The molecule has 206 valence electrons. The zero-order valence-electron chi connectivity index (χ0n) is 23.0. The second-order valence-electron chi connectivity index (χ2n) is 11.7. The number of aromatic amines is 1. The number of carbonyl (C=O) groups is 3. The molecule has 3 aromatic rings. The summed E-state index contributed by atoms with van der Waals surface area (Å²) >= 11 is 0. The molecule has 39 heavy (non-hydrogen) atoms. The van der Waals surface area contributed by atoms with Crippen molar-refractivity contribution in [2.75, 3.05) is 19.6 Å². The minimum atomic E-state index is -0.969. The Hall–Kier alpha value is -3.65. The molecule has 2 N–H and O–H groups in total. The van der Waals surface area contributed by atoms with E-state index in [-0.39, 0.29) is 30.7 Å². The van der Waals surface area contributed by atoms with Crippen LogP contribution >= 0.6 is 0 Å². The predicted octanol–water partition coefficient (Wildman–Crippen LogP) is 3.80. The molecule has 2 aliphatic heterocycles. The third kappa shape index (κ3) is 5.86. The van der Waals surface area contributed by atoms with Gasteiger partial charge in [0.05, 0.1) is 6.42 Å². The topological polar surface area (TPSA) is 94.7 Å². The maximum atomic E-state index is 14.0. The number of fused-ring (bicyclic) bond motifs is 1. The molecular formula is C31H38N4O4. The minimum absolute atomic E-state index is 0.0472. The SMILES string of the molecule is CC(C)(C)OC(=O)CCN1C(=O)C(Cc2c[nH]c3ccccc23)NC(=O)C12CCN(Cc1ccccc1)CC2. The summed E-state index contributed by atoms with van der Waals surface area (Å²) in [5.41, 5.74) is 1.61. The lowest BCUT2D eigenvalue weighted by Crippen LogP contribution is -2.73. The van der Waals surface area contributed by atoms with Gasteiger partial charge in [0.15, 0.2) is 0 Å². The molecule has 1 unspecified atom stereocenters. The highest BCUT2D eigenvalue weighted by Gasteiger charge is 2.53. The number of benzene rings is 2. The van der Waals surface area contributed by atoms with Gasteiger partial charge in [0.1, 0.15) is 17.2 Å². The van der Waals surface area contributed by atoms with Gasteiger partial charge < -0.3 is 19.9 Å². The Morgan fingerprint density at radius 3 is 2.44 bits per heavy atom.